The number of rotatable bonds is 10. The smallest absolute Gasteiger partial charge is 0.290 e. The lowest BCUT2D eigenvalue weighted by atomic mass is 9.94. The molecule has 0 bridgehead atoms. The molecular formula is C34H44N4O3. The number of piperidine rings is 1. The normalized spacial score (nSPS) is 17.1. The summed E-state index contributed by atoms with van der Waals surface area (Å²) >= 11 is 0. The van der Waals surface area contributed by atoms with Crippen molar-refractivity contribution in [3.8, 4) is 0 Å². The highest BCUT2D eigenvalue weighted by molar-refractivity contribution is 5.96. The summed E-state index contributed by atoms with van der Waals surface area (Å²) in [5, 5.41) is 3.31. The number of furan rings is 1. The minimum absolute atomic E-state index is 0.133. The number of carbonyl (C=O) groups is 2. The van der Waals surface area contributed by atoms with Crippen LogP contribution in [0.4, 0.5) is 5.69 Å². The molecule has 3 aromatic rings. The third-order valence-electron chi connectivity index (χ3n) is 8.39. The van der Waals surface area contributed by atoms with Crippen molar-refractivity contribution < 1.29 is 14.0 Å². The zero-order chi connectivity index (χ0) is 28.6. The number of carbonyl (C=O) groups excluding carboxylic acids is 2. The minimum Gasteiger partial charge on any atom is -0.455 e. The van der Waals surface area contributed by atoms with Crippen molar-refractivity contribution in [3.63, 3.8) is 0 Å². The second-order valence-electron chi connectivity index (χ2n) is 11.8. The summed E-state index contributed by atoms with van der Waals surface area (Å²) in [6.45, 7) is 3.09. The summed E-state index contributed by atoms with van der Waals surface area (Å²) < 4.78 is 6.16. The molecule has 2 amide bonds. The zero-order valence-electron chi connectivity index (χ0n) is 24.6. The summed E-state index contributed by atoms with van der Waals surface area (Å²) in [5.74, 6) is 0.639. The van der Waals surface area contributed by atoms with E-state index in [0.717, 1.165) is 61.3 Å². The Balaban J connectivity index is 1.47. The van der Waals surface area contributed by atoms with Crippen LogP contribution in [-0.2, 0) is 17.9 Å². The predicted molar refractivity (Wildman–Crippen MR) is 163 cm³/mol. The molecule has 5 rings (SSSR count). The molecule has 0 spiro atoms. The fraction of sp³-hybridized carbons (Fsp3) is 0.471. The number of anilines is 1. The first-order chi connectivity index (χ1) is 20.0. The fourth-order valence-electron chi connectivity index (χ4n) is 6.07. The van der Waals surface area contributed by atoms with Crippen LogP contribution in [-0.4, -0.2) is 54.8 Å². The largest absolute Gasteiger partial charge is 0.455 e. The molecule has 218 valence electrons. The molecule has 41 heavy (non-hydrogen) atoms. The number of nitrogens with one attached hydrogen (secondary N) is 1. The lowest BCUT2D eigenvalue weighted by Gasteiger charge is -2.33. The SMILES string of the molecule is CN(C)c1ccc([C@H](C(=O)NC2CCCCC2)N(Cc2ccccc2)C(=O)c2ccc(CN3CCCCC3)o2)cc1. The van der Waals surface area contributed by atoms with Crippen LogP contribution in [0.5, 0.6) is 0 Å². The van der Waals surface area contributed by atoms with Crippen LogP contribution in [0.25, 0.3) is 0 Å². The highest BCUT2D eigenvalue weighted by Gasteiger charge is 2.35. The number of hydrogen-bond donors (Lipinski definition) is 1. The van der Waals surface area contributed by atoms with Gasteiger partial charge in [0.15, 0.2) is 5.76 Å². The van der Waals surface area contributed by atoms with E-state index in [1.807, 2.05) is 79.7 Å². The van der Waals surface area contributed by atoms with Crippen LogP contribution in [0.1, 0.15) is 84.9 Å². The minimum atomic E-state index is -0.795. The average Bonchev–Trinajstić information content (AvgIpc) is 3.46. The van der Waals surface area contributed by atoms with Crippen LogP contribution in [0, 0.1) is 0 Å². The Morgan fingerprint density at radius 3 is 2.24 bits per heavy atom. The van der Waals surface area contributed by atoms with Gasteiger partial charge in [-0.15, -0.1) is 0 Å². The van der Waals surface area contributed by atoms with Gasteiger partial charge in [-0.3, -0.25) is 14.5 Å². The topological polar surface area (TPSA) is 69.0 Å². The van der Waals surface area contributed by atoms with Gasteiger partial charge in [0, 0.05) is 32.4 Å². The van der Waals surface area contributed by atoms with E-state index in [1.54, 1.807) is 11.0 Å². The highest BCUT2D eigenvalue weighted by Crippen LogP contribution is 2.29. The molecule has 2 aromatic carbocycles. The van der Waals surface area contributed by atoms with Gasteiger partial charge in [-0.1, -0.05) is 68.1 Å². The first kappa shape index (κ1) is 28.9. The van der Waals surface area contributed by atoms with Crippen LogP contribution in [0.2, 0.25) is 0 Å². The van der Waals surface area contributed by atoms with Crippen molar-refractivity contribution in [2.24, 2.45) is 0 Å². The summed E-state index contributed by atoms with van der Waals surface area (Å²) in [6.07, 6.45) is 9.05. The van der Waals surface area contributed by atoms with Gasteiger partial charge in [0.25, 0.3) is 5.91 Å². The number of amides is 2. The first-order valence-electron chi connectivity index (χ1n) is 15.2. The van der Waals surface area contributed by atoms with Gasteiger partial charge < -0.3 is 19.5 Å². The molecular weight excluding hydrogens is 512 g/mol. The number of hydrogen-bond acceptors (Lipinski definition) is 5. The maximum atomic E-state index is 14.3. The molecule has 0 radical (unpaired) electrons. The lowest BCUT2D eigenvalue weighted by Crippen LogP contribution is -2.46. The van der Waals surface area contributed by atoms with Crippen LogP contribution in [0.3, 0.4) is 0 Å². The molecule has 1 aliphatic carbocycles. The van der Waals surface area contributed by atoms with Crippen molar-refractivity contribution >= 4 is 17.5 Å². The van der Waals surface area contributed by atoms with E-state index in [-0.39, 0.29) is 23.6 Å². The Hall–Kier alpha value is -3.58. The van der Waals surface area contributed by atoms with E-state index in [4.69, 9.17) is 4.42 Å². The molecule has 1 saturated heterocycles. The molecule has 1 N–H and O–H groups in total. The van der Waals surface area contributed by atoms with Crippen LogP contribution >= 0.6 is 0 Å². The number of nitrogens with zero attached hydrogens (tertiary/aromatic N) is 3. The molecule has 1 saturated carbocycles. The Morgan fingerprint density at radius 2 is 1.56 bits per heavy atom. The third-order valence-corrected chi connectivity index (χ3v) is 8.39. The molecule has 7 nitrogen and oxygen atoms in total. The van der Waals surface area contributed by atoms with Gasteiger partial charge in [-0.05, 0) is 74.2 Å². The van der Waals surface area contributed by atoms with Crippen molar-refractivity contribution in [1.82, 2.24) is 15.1 Å². The Morgan fingerprint density at radius 1 is 0.878 bits per heavy atom. The Bertz CT molecular complexity index is 1260. The molecule has 1 aromatic heterocycles. The van der Waals surface area contributed by atoms with Crippen molar-refractivity contribution in [2.45, 2.75) is 76.5 Å². The number of benzene rings is 2. The van der Waals surface area contributed by atoms with Gasteiger partial charge in [-0.2, -0.15) is 0 Å². The second-order valence-corrected chi connectivity index (χ2v) is 11.8. The van der Waals surface area contributed by atoms with E-state index in [2.05, 4.69) is 10.2 Å². The van der Waals surface area contributed by atoms with Crippen LogP contribution < -0.4 is 10.2 Å². The monoisotopic (exact) mass is 556 g/mol. The van der Waals surface area contributed by atoms with E-state index in [0.29, 0.717) is 13.1 Å². The van der Waals surface area contributed by atoms with E-state index < -0.39 is 6.04 Å². The van der Waals surface area contributed by atoms with Gasteiger partial charge in [0.1, 0.15) is 11.8 Å². The Labute approximate surface area is 244 Å². The van der Waals surface area contributed by atoms with Crippen LogP contribution in [0.15, 0.2) is 71.1 Å². The fourth-order valence-corrected chi connectivity index (χ4v) is 6.07. The van der Waals surface area contributed by atoms with Gasteiger partial charge in [0.05, 0.1) is 6.54 Å². The number of likely N-dealkylation sites (tertiary alicyclic amines) is 1. The summed E-state index contributed by atoms with van der Waals surface area (Å²) in [4.78, 5) is 34.5. The zero-order valence-corrected chi connectivity index (χ0v) is 24.6. The van der Waals surface area contributed by atoms with E-state index in [1.165, 1.54) is 25.7 Å². The lowest BCUT2D eigenvalue weighted by molar-refractivity contribution is -0.127. The quantitative estimate of drug-likeness (QED) is 0.324. The van der Waals surface area contributed by atoms with Crippen molar-refractivity contribution in [2.75, 3.05) is 32.1 Å². The molecule has 2 fully saturated rings. The van der Waals surface area contributed by atoms with E-state index >= 15 is 0 Å². The molecule has 2 aliphatic rings. The average molecular weight is 557 g/mol. The van der Waals surface area contributed by atoms with Crippen molar-refractivity contribution in [3.05, 3.63) is 89.4 Å². The predicted octanol–water partition coefficient (Wildman–Crippen LogP) is 6.16. The molecule has 1 atom stereocenters. The summed E-state index contributed by atoms with van der Waals surface area (Å²) in [5.41, 5.74) is 2.78. The third kappa shape index (κ3) is 7.59. The highest BCUT2D eigenvalue weighted by atomic mass is 16.4. The molecule has 7 heteroatoms. The van der Waals surface area contributed by atoms with Gasteiger partial charge in [0.2, 0.25) is 5.91 Å². The summed E-state index contributed by atoms with van der Waals surface area (Å²) in [7, 11) is 3.98. The first-order valence-corrected chi connectivity index (χ1v) is 15.2. The molecule has 0 unspecified atom stereocenters. The van der Waals surface area contributed by atoms with Gasteiger partial charge in [-0.25, -0.2) is 0 Å². The summed E-state index contributed by atoms with van der Waals surface area (Å²) in [6, 6.07) is 20.8. The standard InChI is InChI=1S/C34H44N4O3/c1-36(2)29-18-16-27(17-19-29)32(33(39)35-28-14-8-4-9-15-28)38(24-26-12-6-3-7-13-26)34(40)31-21-20-30(41-31)25-37-22-10-5-11-23-37/h3,6-7,12-13,16-21,28,32H,4-5,8-11,14-15,22-25H2,1-2H3,(H,35,39)/t32-/m1/s1. The molecule has 2 heterocycles. The van der Waals surface area contributed by atoms with Crippen molar-refractivity contribution in [1.29, 1.82) is 0 Å². The Kier molecular flexibility index (Phi) is 9.78. The molecule has 1 aliphatic heterocycles. The second kappa shape index (κ2) is 13.9. The van der Waals surface area contributed by atoms with Gasteiger partial charge >= 0.3 is 0 Å². The van der Waals surface area contributed by atoms with E-state index in [9.17, 15) is 9.59 Å². The maximum absolute atomic E-state index is 14.3. The maximum Gasteiger partial charge on any atom is 0.290 e.